The van der Waals surface area contributed by atoms with Gasteiger partial charge >= 0.3 is 41.7 Å². The van der Waals surface area contributed by atoms with Crippen LogP contribution in [0.1, 0.15) is 15.9 Å². The van der Waals surface area contributed by atoms with Crippen LogP contribution in [0.3, 0.4) is 0 Å². The standard InChI is InChI=1S/C9H7F3O4S.Na/c1-16-8(13)6-3-2-5(9(10,11)12)4-7(6)17(14)15;/h2-4H,1H3,(H,14,15);/q;+1/p-1. The van der Waals surface area contributed by atoms with E-state index in [1.54, 1.807) is 0 Å². The molecule has 1 aromatic rings. The van der Waals surface area contributed by atoms with Gasteiger partial charge in [-0.1, -0.05) is 0 Å². The summed E-state index contributed by atoms with van der Waals surface area (Å²) in [5.41, 5.74) is -1.59. The van der Waals surface area contributed by atoms with E-state index in [1.807, 2.05) is 0 Å². The van der Waals surface area contributed by atoms with Gasteiger partial charge in [0.05, 0.1) is 18.2 Å². The molecule has 1 rings (SSSR count). The van der Waals surface area contributed by atoms with Gasteiger partial charge in [-0.3, -0.25) is 4.21 Å². The van der Waals surface area contributed by atoms with Gasteiger partial charge in [-0.2, -0.15) is 13.2 Å². The van der Waals surface area contributed by atoms with Gasteiger partial charge < -0.3 is 9.29 Å². The third kappa shape index (κ3) is 4.06. The third-order valence-electron chi connectivity index (χ3n) is 1.89. The average molecular weight is 290 g/mol. The molecule has 9 heteroatoms. The molecule has 94 valence electrons. The summed E-state index contributed by atoms with van der Waals surface area (Å²) in [6.07, 6.45) is -4.68. The predicted octanol–water partition coefficient (Wildman–Crippen LogP) is -1.27. The number of esters is 1. The van der Waals surface area contributed by atoms with E-state index in [9.17, 15) is 26.7 Å². The SMILES string of the molecule is COC(=O)c1ccc(C(F)(F)F)cc1S(=O)[O-].[Na+]. The fourth-order valence-electron chi connectivity index (χ4n) is 1.12. The van der Waals surface area contributed by atoms with Crippen LogP contribution >= 0.6 is 0 Å². The molecule has 18 heavy (non-hydrogen) atoms. The van der Waals surface area contributed by atoms with Gasteiger partial charge in [0.1, 0.15) is 0 Å². The largest absolute Gasteiger partial charge is 1.00 e. The number of rotatable bonds is 2. The molecule has 0 aliphatic rings. The maximum Gasteiger partial charge on any atom is 1.00 e. The number of hydrogen-bond donors (Lipinski definition) is 0. The molecule has 1 unspecified atom stereocenters. The number of methoxy groups -OCH3 is 1. The minimum absolute atomic E-state index is 0. The van der Waals surface area contributed by atoms with E-state index in [0.717, 1.165) is 13.2 Å². The van der Waals surface area contributed by atoms with E-state index >= 15 is 0 Å². The van der Waals surface area contributed by atoms with Crippen molar-refractivity contribution in [2.45, 2.75) is 11.1 Å². The average Bonchev–Trinajstić information content (AvgIpc) is 2.25. The maximum atomic E-state index is 12.3. The van der Waals surface area contributed by atoms with Crippen LogP contribution in [0.2, 0.25) is 0 Å². The monoisotopic (exact) mass is 290 g/mol. The Kier molecular flexibility index (Phi) is 6.52. The summed E-state index contributed by atoms with van der Waals surface area (Å²) in [6, 6.07) is 1.76. The van der Waals surface area contributed by atoms with Gasteiger partial charge in [-0.05, 0) is 29.3 Å². The van der Waals surface area contributed by atoms with Crippen LogP contribution < -0.4 is 29.6 Å². The summed E-state index contributed by atoms with van der Waals surface area (Å²) < 4.78 is 62.7. The zero-order chi connectivity index (χ0) is 13.2. The molecular weight excluding hydrogens is 284 g/mol. The van der Waals surface area contributed by atoms with Crippen LogP contribution in [-0.4, -0.2) is 21.8 Å². The minimum Gasteiger partial charge on any atom is -0.768 e. The summed E-state index contributed by atoms with van der Waals surface area (Å²) in [5.74, 6) is -1.02. The number of hydrogen-bond acceptors (Lipinski definition) is 4. The second kappa shape index (κ2) is 6.67. The molecule has 4 nitrogen and oxygen atoms in total. The fourth-order valence-corrected chi connectivity index (χ4v) is 1.67. The van der Waals surface area contributed by atoms with Crippen molar-refractivity contribution in [1.29, 1.82) is 0 Å². The molecule has 0 amide bonds. The van der Waals surface area contributed by atoms with E-state index in [-0.39, 0.29) is 29.6 Å². The molecular formula is C9H6F3NaO4S. The Hall–Kier alpha value is -0.410. The number of halogens is 3. The van der Waals surface area contributed by atoms with Crippen molar-refractivity contribution < 1.29 is 61.0 Å². The number of carbonyl (C=O) groups excluding carboxylic acids is 1. The summed E-state index contributed by atoms with van der Waals surface area (Å²) in [4.78, 5) is 10.4. The van der Waals surface area contributed by atoms with Gasteiger partial charge in [-0.25, -0.2) is 4.79 Å². The molecule has 0 bridgehead atoms. The smallest absolute Gasteiger partial charge is 0.768 e. The number of alkyl halides is 3. The molecule has 0 spiro atoms. The summed E-state index contributed by atoms with van der Waals surface area (Å²) in [5, 5.41) is 0. The van der Waals surface area contributed by atoms with E-state index in [4.69, 9.17) is 0 Å². The van der Waals surface area contributed by atoms with Crippen LogP contribution in [0.5, 0.6) is 0 Å². The van der Waals surface area contributed by atoms with E-state index in [0.29, 0.717) is 12.1 Å². The Bertz CT molecular complexity index is 475. The van der Waals surface area contributed by atoms with E-state index in [1.165, 1.54) is 0 Å². The van der Waals surface area contributed by atoms with Crippen LogP contribution in [0, 0.1) is 0 Å². The van der Waals surface area contributed by atoms with Crippen molar-refractivity contribution >= 4 is 17.0 Å². The molecule has 0 aromatic heterocycles. The first-order chi connectivity index (χ1) is 7.77. The fraction of sp³-hybridized carbons (Fsp3) is 0.222. The van der Waals surface area contributed by atoms with E-state index in [2.05, 4.69) is 4.74 Å². The van der Waals surface area contributed by atoms with Crippen LogP contribution in [0.25, 0.3) is 0 Å². The number of carbonyl (C=O) groups is 1. The Morgan fingerprint density at radius 3 is 2.33 bits per heavy atom. The molecule has 0 radical (unpaired) electrons. The number of ether oxygens (including phenoxy) is 1. The van der Waals surface area contributed by atoms with Crippen molar-refractivity contribution in [2.75, 3.05) is 7.11 Å². The third-order valence-corrected chi connectivity index (χ3v) is 2.59. The first-order valence-electron chi connectivity index (χ1n) is 4.16. The molecule has 0 fully saturated rings. The molecule has 0 aliphatic heterocycles. The summed E-state index contributed by atoms with van der Waals surface area (Å²) in [6.45, 7) is 0. The Balaban J connectivity index is 0.00000289. The second-order valence-corrected chi connectivity index (χ2v) is 3.84. The molecule has 1 atom stereocenters. The second-order valence-electron chi connectivity index (χ2n) is 2.93. The normalized spacial score (nSPS) is 12.5. The summed E-state index contributed by atoms with van der Waals surface area (Å²) >= 11 is -2.96. The first-order valence-corrected chi connectivity index (χ1v) is 5.23. The number of benzene rings is 1. The van der Waals surface area contributed by atoms with Gasteiger partial charge in [0.2, 0.25) is 0 Å². The Labute approximate surface area is 125 Å². The first kappa shape index (κ1) is 17.6. The minimum atomic E-state index is -4.68. The van der Waals surface area contributed by atoms with Gasteiger partial charge in [0, 0.05) is 4.90 Å². The quantitative estimate of drug-likeness (QED) is 0.387. The van der Waals surface area contributed by atoms with Gasteiger partial charge in [0.25, 0.3) is 0 Å². The van der Waals surface area contributed by atoms with Crippen molar-refractivity contribution in [3.05, 3.63) is 29.3 Å². The van der Waals surface area contributed by atoms with Crippen molar-refractivity contribution in [3.63, 3.8) is 0 Å². The zero-order valence-corrected chi connectivity index (χ0v) is 12.2. The molecule has 0 saturated carbocycles. The van der Waals surface area contributed by atoms with Crippen LogP contribution in [0.15, 0.2) is 23.1 Å². The van der Waals surface area contributed by atoms with Gasteiger partial charge in [0.15, 0.2) is 0 Å². The van der Waals surface area contributed by atoms with Crippen molar-refractivity contribution in [1.82, 2.24) is 0 Å². The van der Waals surface area contributed by atoms with Gasteiger partial charge in [-0.15, -0.1) is 0 Å². The molecule has 0 saturated heterocycles. The topological polar surface area (TPSA) is 66.4 Å². The Morgan fingerprint density at radius 1 is 1.39 bits per heavy atom. The zero-order valence-electron chi connectivity index (χ0n) is 9.41. The molecule has 1 aromatic carbocycles. The molecule has 0 aliphatic carbocycles. The van der Waals surface area contributed by atoms with Crippen LogP contribution in [-0.2, 0) is 22.0 Å². The molecule has 0 N–H and O–H groups in total. The summed E-state index contributed by atoms with van der Waals surface area (Å²) in [7, 11) is 0.998. The van der Waals surface area contributed by atoms with Crippen molar-refractivity contribution in [2.24, 2.45) is 0 Å². The van der Waals surface area contributed by atoms with Crippen molar-refractivity contribution in [3.8, 4) is 0 Å². The van der Waals surface area contributed by atoms with E-state index < -0.39 is 39.2 Å². The Morgan fingerprint density at radius 2 is 1.94 bits per heavy atom. The maximum absolute atomic E-state index is 12.3. The molecule has 0 heterocycles. The van der Waals surface area contributed by atoms with Crippen LogP contribution in [0.4, 0.5) is 13.2 Å². The predicted molar refractivity (Wildman–Crippen MR) is 50.0 cm³/mol.